The van der Waals surface area contributed by atoms with Crippen LogP contribution in [0.4, 0.5) is 5.82 Å². The van der Waals surface area contributed by atoms with E-state index in [0.29, 0.717) is 13.1 Å². The highest BCUT2D eigenvalue weighted by atomic mass is 16.1. The Morgan fingerprint density at radius 2 is 1.87 bits per heavy atom. The summed E-state index contributed by atoms with van der Waals surface area (Å²) in [4.78, 5) is 29.1. The molecule has 1 N–H and O–H groups in total. The van der Waals surface area contributed by atoms with E-state index in [0.717, 1.165) is 61.4 Å². The van der Waals surface area contributed by atoms with Crippen LogP contribution in [0.3, 0.4) is 0 Å². The van der Waals surface area contributed by atoms with Crippen molar-refractivity contribution in [3.8, 4) is 11.4 Å². The molecule has 1 amide bonds. The van der Waals surface area contributed by atoms with E-state index in [1.807, 2.05) is 30.3 Å². The summed E-state index contributed by atoms with van der Waals surface area (Å²) >= 11 is 0. The van der Waals surface area contributed by atoms with Gasteiger partial charge in [0.2, 0.25) is 5.91 Å². The molecule has 1 aliphatic heterocycles. The zero-order chi connectivity index (χ0) is 21.0. The largest absolute Gasteiger partial charge is 0.355 e. The smallest absolute Gasteiger partial charge is 0.225 e. The van der Waals surface area contributed by atoms with Gasteiger partial charge in [0.1, 0.15) is 5.82 Å². The molecule has 1 aliphatic carbocycles. The molecule has 6 nitrogen and oxygen atoms in total. The van der Waals surface area contributed by atoms with Crippen molar-refractivity contribution in [1.29, 1.82) is 0 Å². The molecular formula is C25H27N5O. The minimum Gasteiger partial charge on any atom is -0.355 e. The average molecular weight is 414 g/mol. The summed E-state index contributed by atoms with van der Waals surface area (Å²) in [6.07, 6.45) is 8.57. The summed E-state index contributed by atoms with van der Waals surface area (Å²) < 4.78 is 0. The molecule has 158 valence electrons. The van der Waals surface area contributed by atoms with Crippen LogP contribution >= 0.6 is 0 Å². The van der Waals surface area contributed by atoms with E-state index in [9.17, 15) is 4.79 Å². The third kappa shape index (κ3) is 4.29. The Hall–Kier alpha value is -3.28. The molecule has 0 radical (unpaired) electrons. The van der Waals surface area contributed by atoms with Gasteiger partial charge in [0.25, 0.3) is 0 Å². The Morgan fingerprint density at radius 1 is 1.03 bits per heavy atom. The minimum absolute atomic E-state index is 0.0252. The summed E-state index contributed by atoms with van der Waals surface area (Å²) in [7, 11) is 0. The highest BCUT2D eigenvalue weighted by Crippen LogP contribution is 2.33. The Balaban J connectivity index is 1.35. The molecular weight excluding hydrogens is 386 g/mol. The summed E-state index contributed by atoms with van der Waals surface area (Å²) in [6, 6.07) is 14.0. The molecule has 31 heavy (non-hydrogen) atoms. The fraction of sp³-hybridized carbons (Fsp3) is 0.360. The van der Waals surface area contributed by atoms with Gasteiger partial charge in [-0.25, -0.2) is 9.97 Å². The standard InChI is InChI=1S/C25H27N5O/c31-25(27-16-18-11-13-26-14-12-18)20-8-5-15-30(17-20)24-21-9-4-10-22(21)28-23(29-24)19-6-2-1-3-7-19/h1-3,6-7,11-14,20H,4-5,8-10,15-17H2,(H,27,31)/t20-/m1/s1. The Bertz CT molecular complexity index is 1050. The van der Waals surface area contributed by atoms with Gasteiger partial charge in [-0.15, -0.1) is 0 Å². The first kappa shape index (κ1) is 19.7. The van der Waals surface area contributed by atoms with Crippen molar-refractivity contribution < 1.29 is 4.79 Å². The molecule has 0 saturated carbocycles. The maximum absolute atomic E-state index is 12.9. The lowest BCUT2D eigenvalue weighted by atomic mass is 9.96. The lowest BCUT2D eigenvalue weighted by molar-refractivity contribution is -0.125. The van der Waals surface area contributed by atoms with Crippen molar-refractivity contribution in [3.63, 3.8) is 0 Å². The number of rotatable bonds is 5. The van der Waals surface area contributed by atoms with Crippen LogP contribution in [-0.2, 0) is 24.2 Å². The first-order valence-electron chi connectivity index (χ1n) is 11.1. The molecule has 1 fully saturated rings. The highest BCUT2D eigenvalue weighted by molar-refractivity contribution is 5.79. The monoisotopic (exact) mass is 413 g/mol. The van der Waals surface area contributed by atoms with Crippen LogP contribution in [0.5, 0.6) is 0 Å². The van der Waals surface area contributed by atoms with Gasteiger partial charge in [-0.3, -0.25) is 9.78 Å². The second kappa shape index (κ2) is 8.84. The first-order valence-corrected chi connectivity index (χ1v) is 11.1. The minimum atomic E-state index is -0.0252. The predicted molar refractivity (Wildman–Crippen MR) is 121 cm³/mol. The molecule has 0 unspecified atom stereocenters. The Labute approximate surface area is 182 Å². The number of nitrogens with zero attached hydrogens (tertiary/aromatic N) is 4. The molecule has 1 aromatic carbocycles. The first-order chi connectivity index (χ1) is 15.3. The maximum Gasteiger partial charge on any atom is 0.225 e. The van der Waals surface area contributed by atoms with Gasteiger partial charge in [-0.05, 0) is 49.8 Å². The van der Waals surface area contributed by atoms with E-state index in [4.69, 9.17) is 9.97 Å². The summed E-state index contributed by atoms with van der Waals surface area (Å²) in [5.41, 5.74) is 4.56. The third-order valence-electron chi connectivity index (χ3n) is 6.25. The second-order valence-electron chi connectivity index (χ2n) is 8.37. The number of nitrogens with one attached hydrogen (secondary N) is 1. The van der Waals surface area contributed by atoms with E-state index in [1.165, 1.54) is 11.3 Å². The number of hydrogen-bond donors (Lipinski definition) is 1. The predicted octanol–water partition coefficient (Wildman–Crippen LogP) is 3.56. The number of hydrogen-bond acceptors (Lipinski definition) is 5. The second-order valence-corrected chi connectivity index (χ2v) is 8.37. The lowest BCUT2D eigenvalue weighted by Gasteiger charge is -2.34. The van der Waals surface area contributed by atoms with E-state index in [2.05, 4.69) is 27.3 Å². The number of benzene rings is 1. The number of fused-ring (bicyclic) bond motifs is 1. The van der Waals surface area contributed by atoms with Crippen molar-refractivity contribution in [2.45, 2.75) is 38.6 Å². The third-order valence-corrected chi connectivity index (χ3v) is 6.25. The summed E-state index contributed by atoms with van der Waals surface area (Å²) in [5.74, 6) is 1.92. The van der Waals surface area contributed by atoms with Gasteiger partial charge in [0.05, 0.1) is 5.92 Å². The summed E-state index contributed by atoms with van der Waals surface area (Å²) in [5, 5.41) is 3.10. The van der Waals surface area contributed by atoms with Crippen molar-refractivity contribution >= 4 is 11.7 Å². The van der Waals surface area contributed by atoms with Gasteiger partial charge in [-0.1, -0.05) is 30.3 Å². The molecule has 3 aromatic rings. The maximum atomic E-state index is 12.9. The fourth-order valence-corrected chi connectivity index (χ4v) is 4.61. The van der Waals surface area contributed by atoms with Crippen LogP contribution in [-0.4, -0.2) is 33.9 Å². The number of carbonyl (C=O) groups is 1. The van der Waals surface area contributed by atoms with Crippen molar-refractivity contribution in [1.82, 2.24) is 20.3 Å². The molecule has 3 heterocycles. The number of piperidine rings is 1. The number of pyridine rings is 1. The SMILES string of the molecule is O=C(NCc1ccncc1)[C@@H]1CCCN(c2nc(-c3ccccc3)nc3c2CCC3)C1. The van der Waals surface area contributed by atoms with Crippen molar-refractivity contribution in [2.75, 3.05) is 18.0 Å². The van der Waals surface area contributed by atoms with Gasteiger partial charge in [0.15, 0.2) is 5.82 Å². The highest BCUT2D eigenvalue weighted by Gasteiger charge is 2.30. The van der Waals surface area contributed by atoms with Crippen molar-refractivity contribution in [2.24, 2.45) is 5.92 Å². The van der Waals surface area contributed by atoms with Crippen LogP contribution < -0.4 is 10.2 Å². The number of aryl methyl sites for hydroxylation is 1. The van der Waals surface area contributed by atoms with Gasteiger partial charge < -0.3 is 10.2 Å². The Morgan fingerprint density at radius 3 is 2.71 bits per heavy atom. The van der Waals surface area contributed by atoms with Gasteiger partial charge >= 0.3 is 0 Å². The average Bonchev–Trinajstić information content (AvgIpc) is 3.32. The zero-order valence-electron chi connectivity index (χ0n) is 17.6. The van der Waals surface area contributed by atoms with Crippen molar-refractivity contribution in [3.05, 3.63) is 71.7 Å². The van der Waals surface area contributed by atoms with E-state index < -0.39 is 0 Å². The van der Waals surface area contributed by atoms with Crippen LogP contribution in [0.15, 0.2) is 54.9 Å². The van der Waals surface area contributed by atoms with Crippen LogP contribution in [0.25, 0.3) is 11.4 Å². The lowest BCUT2D eigenvalue weighted by Crippen LogP contribution is -2.43. The normalized spacial score (nSPS) is 17.9. The number of carbonyl (C=O) groups excluding carboxylic acids is 1. The van der Waals surface area contributed by atoms with Gasteiger partial charge in [0, 0.05) is 48.8 Å². The van der Waals surface area contributed by atoms with Crippen LogP contribution in [0, 0.1) is 5.92 Å². The molecule has 0 bridgehead atoms. The zero-order valence-corrected chi connectivity index (χ0v) is 17.6. The van der Waals surface area contributed by atoms with Crippen LogP contribution in [0.2, 0.25) is 0 Å². The molecule has 2 aromatic heterocycles. The number of anilines is 1. The molecule has 6 heteroatoms. The molecule has 1 atom stereocenters. The number of amides is 1. The van der Waals surface area contributed by atoms with Gasteiger partial charge in [-0.2, -0.15) is 0 Å². The fourth-order valence-electron chi connectivity index (χ4n) is 4.61. The molecule has 5 rings (SSSR count). The summed E-state index contributed by atoms with van der Waals surface area (Å²) in [6.45, 7) is 2.19. The van der Waals surface area contributed by atoms with E-state index >= 15 is 0 Å². The Kier molecular flexibility index (Phi) is 5.61. The number of aromatic nitrogens is 3. The molecule has 2 aliphatic rings. The van der Waals surface area contributed by atoms with E-state index in [-0.39, 0.29) is 11.8 Å². The molecule has 1 saturated heterocycles. The molecule has 0 spiro atoms. The van der Waals surface area contributed by atoms with Crippen LogP contribution in [0.1, 0.15) is 36.1 Å². The quantitative estimate of drug-likeness (QED) is 0.693. The topological polar surface area (TPSA) is 71.0 Å². The van der Waals surface area contributed by atoms with E-state index in [1.54, 1.807) is 12.4 Å².